The number of carbonyl (C=O) groups excluding carboxylic acids is 1. The zero-order valence-corrected chi connectivity index (χ0v) is 13.9. The molecule has 0 bridgehead atoms. The van der Waals surface area contributed by atoms with Crippen molar-refractivity contribution >= 4 is 27.6 Å². The Morgan fingerprint density at radius 1 is 1.22 bits per heavy atom. The molecule has 0 radical (unpaired) electrons. The molecular formula is C16H15BrF2N2O2. The first-order chi connectivity index (χ1) is 11.0. The zero-order valence-electron chi connectivity index (χ0n) is 12.3. The van der Waals surface area contributed by atoms with E-state index in [0.717, 1.165) is 22.2 Å². The maximum absolute atomic E-state index is 13.3. The number of hydrogen-bond donors (Lipinski definition) is 2. The van der Waals surface area contributed by atoms with Crippen LogP contribution in [-0.2, 0) is 0 Å². The third-order valence-corrected chi connectivity index (χ3v) is 3.82. The molecule has 0 saturated heterocycles. The van der Waals surface area contributed by atoms with E-state index in [1.807, 2.05) is 13.0 Å². The summed E-state index contributed by atoms with van der Waals surface area (Å²) in [6.07, 6.45) is 0. The number of ether oxygens (including phenoxy) is 1. The van der Waals surface area contributed by atoms with Crippen molar-refractivity contribution in [3.63, 3.8) is 0 Å². The second kappa shape index (κ2) is 7.92. The van der Waals surface area contributed by atoms with Gasteiger partial charge in [-0.2, -0.15) is 0 Å². The van der Waals surface area contributed by atoms with Crippen LogP contribution < -0.4 is 15.4 Å². The van der Waals surface area contributed by atoms with Crippen molar-refractivity contribution in [1.82, 2.24) is 5.32 Å². The average Bonchev–Trinajstić information content (AvgIpc) is 2.49. The largest absolute Gasteiger partial charge is 0.489 e. The number of urea groups is 1. The lowest BCUT2D eigenvalue weighted by atomic mass is 10.2. The Bertz CT molecular complexity index is 710. The molecular weight excluding hydrogens is 370 g/mol. The maximum Gasteiger partial charge on any atom is 0.319 e. The first-order valence-corrected chi connectivity index (χ1v) is 7.64. The van der Waals surface area contributed by atoms with E-state index in [4.69, 9.17) is 4.74 Å². The normalized spacial score (nSPS) is 10.3. The minimum atomic E-state index is -0.779. The Morgan fingerprint density at radius 3 is 2.70 bits per heavy atom. The quantitative estimate of drug-likeness (QED) is 0.757. The molecule has 0 unspecified atom stereocenters. The molecule has 0 aliphatic heterocycles. The molecule has 23 heavy (non-hydrogen) atoms. The molecule has 2 aromatic rings. The first-order valence-electron chi connectivity index (χ1n) is 6.84. The van der Waals surface area contributed by atoms with Crippen molar-refractivity contribution in [2.45, 2.75) is 6.92 Å². The van der Waals surface area contributed by atoms with Gasteiger partial charge in [0.15, 0.2) is 11.6 Å². The van der Waals surface area contributed by atoms with E-state index in [1.54, 1.807) is 12.1 Å². The predicted octanol–water partition coefficient (Wildman–Crippen LogP) is 4.24. The number of nitrogens with one attached hydrogen (secondary N) is 2. The molecule has 0 saturated carbocycles. The van der Waals surface area contributed by atoms with Crippen LogP contribution in [0.3, 0.4) is 0 Å². The number of amides is 2. The van der Waals surface area contributed by atoms with Gasteiger partial charge in [-0.1, -0.05) is 22.0 Å². The van der Waals surface area contributed by atoms with Gasteiger partial charge in [-0.3, -0.25) is 0 Å². The lowest BCUT2D eigenvalue weighted by Gasteiger charge is -2.10. The molecule has 7 heteroatoms. The fourth-order valence-corrected chi connectivity index (χ4v) is 2.14. The van der Waals surface area contributed by atoms with Gasteiger partial charge in [-0.15, -0.1) is 0 Å². The topological polar surface area (TPSA) is 50.4 Å². The molecule has 0 aromatic heterocycles. The molecule has 2 aromatic carbocycles. The Hall–Kier alpha value is -2.15. The van der Waals surface area contributed by atoms with Gasteiger partial charge in [0.05, 0.1) is 6.54 Å². The molecule has 2 rings (SSSR count). The number of halogens is 3. The lowest BCUT2D eigenvalue weighted by Crippen LogP contribution is -2.32. The maximum atomic E-state index is 13.3. The third kappa shape index (κ3) is 5.21. The highest BCUT2D eigenvalue weighted by Crippen LogP contribution is 2.20. The SMILES string of the molecule is Cc1ccc(NC(=O)NCCOc2ccc(F)cc2F)cc1Br. The van der Waals surface area contributed by atoms with Crippen LogP contribution in [0.1, 0.15) is 5.56 Å². The zero-order chi connectivity index (χ0) is 16.8. The minimum absolute atomic E-state index is 0.0592. The summed E-state index contributed by atoms with van der Waals surface area (Å²) in [5.74, 6) is -1.51. The van der Waals surface area contributed by atoms with E-state index < -0.39 is 17.7 Å². The van der Waals surface area contributed by atoms with Gasteiger partial charge in [-0.05, 0) is 36.8 Å². The summed E-state index contributed by atoms with van der Waals surface area (Å²) in [7, 11) is 0. The van der Waals surface area contributed by atoms with E-state index >= 15 is 0 Å². The summed E-state index contributed by atoms with van der Waals surface area (Å²) < 4.78 is 32.1. The summed E-state index contributed by atoms with van der Waals surface area (Å²) in [4.78, 5) is 11.7. The standard InChI is InChI=1S/C16H15BrF2N2O2/c1-10-2-4-12(9-13(10)17)21-16(22)20-6-7-23-15-5-3-11(18)8-14(15)19/h2-5,8-9H,6-7H2,1H3,(H2,20,21,22). The van der Waals surface area contributed by atoms with E-state index in [1.165, 1.54) is 6.07 Å². The van der Waals surface area contributed by atoms with Crippen LogP contribution >= 0.6 is 15.9 Å². The molecule has 0 aliphatic carbocycles. The highest BCUT2D eigenvalue weighted by atomic mass is 79.9. The summed E-state index contributed by atoms with van der Waals surface area (Å²) >= 11 is 3.38. The fraction of sp³-hybridized carbons (Fsp3) is 0.188. The Kier molecular flexibility index (Phi) is 5.92. The molecule has 4 nitrogen and oxygen atoms in total. The molecule has 122 valence electrons. The van der Waals surface area contributed by atoms with Crippen LogP contribution in [0.4, 0.5) is 19.3 Å². The van der Waals surface area contributed by atoms with Gasteiger partial charge in [-0.25, -0.2) is 13.6 Å². The van der Waals surface area contributed by atoms with Gasteiger partial charge in [0.2, 0.25) is 0 Å². The molecule has 0 heterocycles. The molecule has 0 fully saturated rings. The van der Waals surface area contributed by atoms with E-state index in [9.17, 15) is 13.6 Å². The highest BCUT2D eigenvalue weighted by molar-refractivity contribution is 9.10. The van der Waals surface area contributed by atoms with Crippen LogP contribution in [-0.4, -0.2) is 19.2 Å². The third-order valence-electron chi connectivity index (χ3n) is 2.97. The van der Waals surface area contributed by atoms with Gasteiger partial charge >= 0.3 is 6.03 Å². The van der Waals surface area contributed by atoms with E-state index in [-0.39, 0.29) is 18.9 Å². The average molecular weight is 385 g/mol. The minimum Gasteiger partial charge on any atom is -0.489 e. The van der Waals surface area contributed by atoms with Crippen LogP contribution in [0, 0.1) is 18.6 Å². The predicted molar refractivity (Wildman–Crippen MR) is 87.8 cm³/mol. The van der Waals surface area contributed by atoms with Crippen molar-refractivity contribution in [3.8, 4) is 5.75 Å². The van der Waals surface area contributed by atoms with E-state index in [0.29, 0.717) is 5.69 Å². The molecule has 2 N–H and O–H groups in total. The second-order valence-electron chi connectivity index (χ2n) is 4.77. The number of rotatable bonds is 5. The van der Waals surface area contributed by atoms with Crippen molar-refractivity contribution in [3.05, 3.63) is 58.1 Å². The monoisotopic (exact) mass is 384 g/mol. The van der Waals surface area contributed by atoms with Gasteiger partial charge < -0.3 is 15.4 Å². The molecule has 2 amide bonds. The summed E-state index contributed by atoms with van der Waals surface area (Å²) in [6, 6.07) is 8.10. The van der Waals surface area contributed by atoms with Crippen LogP contribution in [0.15, 0.2) is 40.9 Å². The van der Waals surface area contributed by atoms with Crippen molar-refractivity contribution < 1.29 is 18.3 Å². The lowest BCUT2D eigenvalue weighted by molar-refractivity contribution is 0.246. The number of aryl methyl sites for hydroxylation is 1. The summed E-state index contributed by atoms with van der Waals surface area (Å²) in [6.45, 7) is 2.18. The molecule has 0 aliphatic rings. The second-order valence-corrected chi connectivity index (χ2v) is 5.62. The van der Waals surface area contributed by atoms with Crippen molar-refractivity contribution in [2.75, 3.05) is 18.5 Å². The Balaban J connectivity index is 1.75. The Morgan fingerprint density at radius 2 is 2.00 bits per heavy atom. The molecule has 0 atom stereocenters. The van der Waals surface area contributed by atoms with E-state index in [2.05, 4.69) is 26.6 Å². The van der Waals surface area contributed by atoms with Gasteiger partial charge in [0.1, 0.15) is 12.4 Å². The van der Waals surface area contributed by atoms with Crippen LogP contribution in [0.5, 0.6) is 5.75 Å². The number of hydrogen-bond acceptors (Lipinski definition) is 2. The number of carbonyl (C=O) groups is 1. The van der Waals surface area contributed by atoms with Crippen molar-refractivity contribution in [2.24, 2.45) is 0 Å². The summed E-state index contributed by atoms with van der Waals surface area (Å²) in [5.41, 5.74) is 1.70. The van der Waals surface area contributed by atoms with Gasteiger partial charge in [0.25, 0.3) is 0 Å². The Labute approximate surface area is 141 Å². The van der Waals surface area contributed by atoms with Crippen molar-refractivity contribution in [1.29, 1.82) is 0 Å². The summed E-state index contributed by atoms with van der Waals surface area (Å²) in [5, 5.41) is 5.25. The number of benzene rings is 2. The number of anilines is 1. The fourth-order valence-electron chi connectivity index (χ4n) is 1.76. The first kappa shape index (κ1) is 17.2. The van der Waals surface area contributed by atoms with Crippen LogP contribution in [0.2, 0.25) is 0 Å². The van der Waals surface area contributed by atoms with Crippen LogP contribution in [0.25, 0.3) is 0 Å². The van der Waals surface area contributed by atoms with Gasteiger partial charge in [0, 0.05) is 16.2 Å². The highest BCUT2D eigenvalue weighted by Gasteiger charge is 2.06. The smallest absolute Gasteiger partial charge is 0.319 e. The molecule has 0 spiro atoms.